The Labute approximate surface area is 149 Å². The second kappa shape index (κ2) is 6.55. The van der Waals surface area contributed by atoms with Crippen LogP contribution in [0.25, 0.3) is 0 Å². The number of aryl methyl sites for hydroxylation is 1. The van der Waals surface area contributed by atoms with Crippen LogP contribution in [0.3, 0.4) is 0 Å². The number of hydrogen-bond acceptors (Lipinski definition) is 3. The lowest BCUT2D eigenvalue weighted by Crippen LogP contribution is -2.48. The Hall–Kier alpha value is -1.29. The molecule has 0 aliphatic carbocycles. The van der Waals surface area contributed by atoms with Gasteiger partial charge in [0.1, 0.15) is 0 Å². The van der Waals surface area contributed by atoms with Crippen molar-refractivity contribution in [2.75, 3.05) is 19.7 Å². The van der Waals surface area contributed by atoms with Gasteiger partial charge in [0.15, 0.2) is 0 Å². The van der Waals surface area contributed by atoms with Crippen LogP contribution in [0.2, 0.25) is 0 Å². The van der Waals surface area contributed by atoms with Crippen LogP contribution in [0.15, 0.2) is 52.3 Å². The molecule has 0 aromatic heterocycles. The van der Waals surface area contributed by atoms with Crippen molar-refractivity contribution in [2.45, 2.75) is 48.6 Å². The third-order valence-corrected chi connectivity index (χ3v) is 6.46. The summed E-state index contributed by atoms with van der Waals surface area (Å²) in [5.74, 6) is 0.334. The summed E-state index contributed by atoms with van der Waals surface area (Å²) < 4.78 is 6.32. The van der Waals surface area contributed by atoms with Crippen LogP contribution in [0.5, 0.6) is 0 Å². The SMILES string of the molecule is Cc1cccc2c1C(C1CN(C(C)C)CCO1)c1ccccc1S2. The molecule has 2 aliphatic rings. The topological polar surface area (TPSA) is 12.5 Å². The van der Waals surface area contributed by atoms with Gasteiger partial charge in [0, 0.05) is 34.8 Å². The average Bonchev–Trinajstić information content (AvgIpc) is 2.60. The monoisotopic (exact) mass is 339 g/mol. The fourth-order valence-corrected chi connectivity index (χ4v) is 5.24. The quantitative estimate of drug-likeness (QED) is 0.787. The smallest absolute Gasteiger partial charge is 0.0812 e. The lowest BCUT2D eigenvalue weighted by molar-refractivity contribution is -0.0463. The molecule has 2 nitrogen and oxygen atoms in total. The standard InChI is InChI=1S/C21H25NOS/c1-14(2)22-11-12-23-17(13-22)21-16-8-4-5-9-18(16)24-19-10-6-7-15(3)20(19)21/h4-10,14,17,21H,11-13H2,1-3H3. The van der Waals surface area contributed by atoms with E-state index in [9.17, 15) is 0 Å². The Morgan fingerprint density at radius 2 is 1.88 bits per heavy atom. The summed E-state index contributed by atoms with van der Waals surface area (Å²) in [7, 11) is 0. The number of benzene rings is 2. The predicted molar refractivity (Wildman–Crippen MR) is 100 cm³/mol. The lowest BCUT2D eigenvalue weighted by atomic mass is 9.83. The van der Waals surface area contributed by atoms with E-state index in [2.05, 4.69) is 68.1 Å². The Kier molecular flexibility index (Phi) is 4.42. The second-order valence-corrected chi connectivity index (χ2v) is 8.19. The Balaban J connectivity index is 1.79. The molecule has 0 spiro atoms. The molecule has 2 aromatic carbocycles. The molecule has 0 amide bonds. The van der Waals surface area contributed by atoms with Crippen molar-refractivity contribution in [3.8, 4) is 0 Å². The number of nitrogens with zero attached hydrogens (tertiary/aromatic N) is 1. The van der Waals surface area contributed by atoms with Crippen molar-refractivity contribution in [1.82, 2.24) is 4.90 Å². The minimum absolute atomic E-state index is 0.225. The maximum Gasteiger partial charge on any atom is 0.0812 e. The number of rotatable bonds is 2. The molecule has 0 bridgehead atoms. The summed E-state index contributed by atoms with van der Waals surface area (Å²) in [6, 6.07) is 16.1. The maximum atomic E-state index is 6.32. The van der Waals surface area contributed by atoms with E-state index in [0.717, 1.165) is 19.7 Å². The molecule has 0 N–H and O–H groups in total. The molecule has 2 atom stereocenters. The van der Waals surface area contributed by atoms with E-state index in [-0.39, 0.29) is 6.10 Å². The molecule has 2 aliphatic heterocycles. The van der Waals surface area contributed by atoms with Gasteiger partial charge >= 0.3 is 0 Å². The third kappa shape index (κ3) is 2.79. The molecule has 1 saturated heterocycles. The van der Waals surface area contributed by atoms with E-state index >= 15 is 0 Å². The molecule has 2 unspecified atom stereocenters. The number of hydrogen-bond donors (Lipinski definition) is 0. The van der Waals surface area contributed by atoms with Crippen molar-refractivity contribution >= 4 is 11.8 Å². The first-order valence-electron chi connectivity index (χ1n) is 8.87. The highest BCUT2D eigenvalue weighted by molar-refractivity contribution is 7.99. The van der Waals surface area contributed by atoms with Crippen LogP contribution >= 0.6 is 11.8 Å². The van der Waals surface area contributed by atoms with E-state index in [0.29, 0.717) is 12.0 Å². The third-order valence-electron chi connectivity index (χ3n) is 5.30. The molecular weight excluding hydrogens is 314 g/mol. The van der Waals surface area contributed by atoms with E-state index in [1.807, 2.05) is 11.8 Å². The van der Waals surface area contributed by atoms with Gasteiger partial charge in [-0.25, -0.2) is 0 Å². The molecular formula is C21H25NOS. The first-order chi connectivity index (χ1) is 11.6. The molecule has 2 aromatic rings. The van der Waals surface area contributed by atoms with Gasteiger partial charge in [-0.05, 0) is 49.6 Å². The highest BCUT2D eigenvalue weighted by Crippen LogP contribution is 2.49. The molecule has 2 heterocycles. The van der Waals surface area contributed by atoms with Gasteiger partial charge < -0.3 is 4.74 Å². The van der Waals surface area contributed by atoms with Gasteiger partial charge in [-0.15, -0.1) is 0 Å². The van der Waals surface area contributed by atoms with Crippen LogP contribution < -0.4 is 0 Å². The van der Waals surface area contributed by atoms with Gasteiger partial charge in [-0.3, -0.25) is 4.90 Å². The van der Waals surface area contributed by atoms with Gasteiger partial charge in [0.05, 0.1) is 12.7 Å². The van der Waals surface area contributed by atoms with Crippen molar-refractivity contribution in [3.05, 3.63) is 59.2 Å². The van der Waals surface area contributed by atoms with Crippen molar-refractivity contribution in [3.63, 3.8) is 0 Å². The summed E-state index contributed by atoms with van der Waals surface area (Å²) in [5, 5.41) is 0. The highest BCUT2D eigenvalue weighted by Gasteiger charge is 2.36. The van der Waals surface area contributed by atoms with Crippen LogP contribution in [-0.4, -0.2) is 36.7 Å². The van der Waals surface area contributed by atoms with Crippen LogP contribution in [0.4, 0.5) is 0 Å². The van der Waals surface area contributed by atoms with E-state index < -0.39 is 0 Å². The Bertz CT molecular complexity index is 742. The predicted octanol–water partition coefficient (Wildman–Crippen LogP) is 4.70. The van der Waals surface area contributed by atoms with E-state index in [1.165, 1.54) is 26.5 Å². The van der Waals surface area contributed by atoms with Crippen LogP contribution in [-0.2, 0) is 4.74 Å². The number of morpholine rings is 1. The summed E-state index contributed by atoms with van der Waals surface area (Å²) in [4.78, 5) is 5.33. The van der Waals surface area contributed by atoms with E-state index in [1.54, 1.807) is 0 Å². The summed E-state index contributed by atoms with van der Waals surface area (Å²) >= 11 is 1.90. The molecule has 1 fully saturated rings. The molecule has 0 radical (unpaired) electrons. The highest BCUT2D eigenvalue weighted by atomic mass is 32.2. The van der Waals surface area contributed by atoms with Crippen LogP contribution in [0, 0.1) is 6.92 Å². The first kappa shape index (κ1) is 16.2. The fraction of sp³-hybridized carbons (Fsp3) is 0.429. The minimum Gasteiger partial charge on any atom is -0.375 e. The van der Waals surface area contributed by atoms with Gasteiger partial charge in [-0.1, -0.05) is 42.1 Å². The summed E-state index contributed by atoms with van der Waals surface area (Å²) in [5.41, 5.74) is 4.28. The fourth-order valence-electron chi connectivity index (χ4n) is 4.00. The first-order valence-corrected chi connectivity index (χ1v) is 9.68. The van der Waals surface area contributed by atoms with Gasteiger partial charge in [-0.2, -0.15) is 0 Å². The van der Waals surface area contributed by atoms with Crippen LogP contribution in [0.1, 0.15) is 36.5 Å². The zero-order chi connectivity index (χ0) is 16.7. The average molecular weight is 340 g/mol. The number of fused-ring (bicyclic) bond motifs is 2. The molecule has 4 rings (SSSR count). The molecule has 0 saturated carbocycles. The second-order valence-electron chi connectivity index (χ2n) is 7.10. The zero-order valence-electron chi connectivity index (χ0n) is 14.7. The maximum absolute atomic E-state index is 6.32. The molecule has 24 heavy (non-hydrogen) atoms. The van der Waals surface area contributed by atoms with Crippen molar-refractivity contribution in [1.29, 1.82) is 0 Å². The summed E-state index contributed by atoms with van der Waals surface area (Å²) in [6.45, 7) is 9.69. The largest absolute Gasteiger partial charge is 0.375 e. The Morgan fingerprint density at radius 1 is 1.08 bits per heavy atom. The Morgan fingerprint density at radius 3 is 2.71 bits per heavy atom. The zero-order valence-corrected chi connectivity index (χ0v) is 15.5. The van der Waals surface area contributed by atoms with E-state index in [4.69, 9.17) is 4.74 Å². The summed E-state index contributed by atoms with van der Waals surface area (Å²) in [6.07, 6.45) is 0.225. The van der Waals surface area contributed by atoms with Gasteiger partial charge in [0.25, 0.3) is 0 Å². The minimum atomic E-state index is 0.225. The lowest BCUT2D eigenvalue weighted by Gasteiger charge is -2.41. The number of ether oxygens (including phenoxy) is 1. The van der Waals surface area contributed by atoms with Crippen molar-refractivity contribution in [2.24, 2.45) is 0 Å². The normalized spacial score (nSPS) is 23.8. The molecule has 126 valence electrons. The van der Waals surface area contributed by atoms with Gasteiger partial charge in [0.2, 0.25) is 0 Å². The van der Waals surface area contributed by atoms with Crippen molar-refractivity contribution < 1.29 is 4.74 Å². The molecule has 3 heteroatoms.